The fourth-order valence-corrected chi connectivity index (χ4v) is 1.14. The Morgan fingerprint density at radius 2 is 1.03 bits per heavy atom. The van der Waals surface area contributed by atoms with Crippen LogP contribution in [-0.4, -0.2) is 18.8 Å². The van der Waals surface area contributed by atoms with Gasteiger partial charge in [-0.05, 0) is 0 Å². The number of ether oxygens (including phenoxy) is 2. The normalized spacial score (nSPS) is 5.23. The van der Waals surface area contributed by atoms with E-state index in [-0.39, 0.29) is 17.4 Å². The van der Waals surface area contributed by atoms with Crippen LogP contribution in [0.4, 0.5) is 0 Å². The van der Waals surface area contributed by atoms with Gasteiger partial charge >= 0.3 is 182 Å². The molecule has 0 spiro atoms. The summed E-state index contributed by atoms with van der Waals surface area (Å²) in [7, 11) is 3.28. The van der Waals surface area contributed by atoms with E-state index in [9.17, 15) is 0 Å². The predicted molar refractivity (Wildman–Crippen MR) is 85.5 cm³/mol. The van der Waals surface area contributed by atoms with Gasteiger partial charge in [0.2, 0.25) is 0 Å². The number of benzene rings is 1. The van der Waals surface area contributed by atoms with Crippen molar-refractivity contribution < 1.29 is 79.9 Å². The minimum Gasteiger partial charge on any atom is 0 e. The largest absolute Gasteiger partial charge is 0 e. The van der Waals surface area contributed by atoms with Crippen LogP contribution in [0, 0.1) is 53.2 Å². The van der Waals surface area contributed by atoms with E-state index in [0.717, 1.165) is 15.9 Å². The molecule has 0 radical (unpaired) electrons. The summed E-state index contributed by atoms with van der Waals surface area (Å²) in [6.07, 6.45) is 3.80. The van der Waals surface area contributed by atoms with Crippen molar-refractivity contribution in [3.05, 3.63) is 89.1 Å². The summed E-state index contributed by atoms with van der Waals surface area (Å²) in [4.78, 5) is 0. The Bertz CT molecular complexity index is 594. The van der Waals surface area contributed by atoms with E-state index in [0.29, 0.717) is 0 Å². The second-order valence-corrected chi connectivity index (χ2v) is 3.23. The Morgan fingerprint density at radius 3 is 1.32 bits per heavy atom. The van der Waals surface area contributed by atoms with Gasteiger partial charge in [-0.15, -0.1) is 0 Å². The third kappa shape index (κ3) is 58.4. The zero-order valence-corrected chi connectivity index (χ0v) is 18.4. The molecule has 0 bridgehead atoms. The summed E-state index contributed by atoms with van der Waals surface area (Å²) >= 11 is 2.80. The van der Waals surface area contributed by atoms with Gasteiger partial charge in [-0.2, -0.15) is 0 Å². The van der Waals surface area contributed by atoms with Crippen molar-refractivity contribution >= 4 is 10.6 Å². The third-order valence-electron chi connectivity index (χ3n) is 1.74. The Hall–Kier alpha value is -2.43. The maximum Gasteiger partial charge on any atom is 0 e. The van der Waals surface area contributed by atoms with Gasteiger partial charge in [-0.3, -0.25) is 0 Å². The van der Waals surface area contributed by atoms with Gasteiger partial charge in [0, 0.05) is 17.4 Å². The molecule has 0 saturated heterocycles. The molecule has 160 valence electrons. The van der Waals surface area contributed by atoms with Gasteiger partial charge in [0.05, 0.1) is 0 Å². The van der Waals surface area contributed by atoms with Crippen LogP contribution in [0.1, 0.15) is 5.56 Å². The van der Waals surface area contributed by atoms with Gasteiger partial charge in [-0.1, -0.05) is 0 Å². The van der Waals surface area contributed by atoms with E-state index in [1.807, 2.05) is 36.4 Å². The zero-order chi connectivity index (χ0) is 26.4. The first-order valence-electron chi connectivity index (χ1n) is 5.80. The molecule has 0 atom stereocenters. The molecular weight excluding hydrogens is 492 g/mol. The summed E-state index contributed by atoms with van der Waals surface area (Å²) < 4.78 is 70.9. The number of rotatable bonds is 4. The van der Waals surface area contributed by atoms with Crippen LogP contribution in [0.5, 0.6) is 5.75 Å². The van der Waals surface area contributed by atoms with E-state index in [1.54, 1.807) is 14.2 Å². The number of para-hydroxylation sites is 1. The SMILES string of the molecule is CO[C](=[Cr])/C=C/c1ccccc1OC.[C-]#[O+].[C-]#[O+].[C-]#[O+].[C-]#[O+].[C-]#[O+].[C-]#[O+].[C-]#[O+].[C-]#[O+].[Cr]. The minimum atomic E-state index is 0. The second-order valence-electron chi connectivity index (χ2n) is 2.60. The van der Waals surface area contributed by atoms with E-state index in [4.69, 9.17) is 46.7 Å². The van der Waals surface area contributed by atoms with E-state index in [2.05, 4.69) is 69.1 Å². The van der Waals surface area contributed by atoms with Crippen molar-refractivity contribution in [2.75, 3.05) is 14.2 Å². The Morgan fingerprint density at radius 1 is 0.710 bits per heavy atom. The minimum absolute atomic E-state index is 0. The van der Waals surface area contributed by atoms with Gasteiger partial charge in [-0.25, -0.2) is 0 Å². The molecule has 0 saturated carbocycles. The fourth-order valence-electron chi connectivity index (χ4n) is 1.03. The van der Waals surface area contributed by atoms with Crippen LogP contribution >= 0.6 is 0 Å². The molecule has 12 heteroatoms. The Labute approximate surface area is 199 Å². The molecule has 0 fully saturated rings. The first-order chi connectivity index (χ1) is 14.8. The Kier molecular flexibility index (Phi) is 168. The molecule has 0 aliphatic rings. The van der Waals surface area contributed by atoms with Crippen molar-refractivity contribution in [1.29, 1.82) is 0 Å². The molecule has 0 aromatic heterocycles. The molecular formula is C19H12Cr2O10. The topological polar surface area (TPSA) is 178 Å². The number of methoxy groups -OCH3 is 2. The van der Waals surface area contributed by atoms with E-state index in [1.165, 1.54) is 0 Å². The number of hydrogen-bond acceptors (Lipinski definition) is 2. The van der Waals surface area contributed by atoms with Crippen molar-refractivity contribution in [3.63, 3.8) is 0 Å². The molecule has 0 aliphatic heterocycles. The number of hydrogen-bond donors (Lipinski definition) is 0. The van der Waals surface area contributed by atoms with Gasteiger partial charge in [0.15, 0.2) is 0 Å². The van der Waals surface area contributed by atoms with Crippen LogP contribution in [0.2, 0.25) is 0 Å². The molecule has 0 aliphatic carbocycles. The quantitative estimate of drug-likeness (QED) is 0.448. The molecule has 10 nitrogen and oxygen atoms in total. The van der Waals surface area contributed by atoms with Gasteiger partial charge in [0.25, 0.3) is 0 Å². The van der Waals surface area contributed by atoms with E-state index < -0.39 is 0 Å². The van der Waals surface area contributed by atoms with Crippen molar-refractivity contribution in [3.8, 4) is 5.75 Å². The molecule has 1 rings (SSSR count). The summed E-state index contributed by atoms with van der Waals surface area (Å²) in [6, 6.07) is 7.81. The second kappa shape index (κ2) is 91.7. The van der Waals surface area contributed by atoms with Crippen LogP contribution in [0.15, 0.2) is 30.3 Å². The molecule has 1 aromatic rings. The monoisotopic (exact) mass is 504 g/mol. The first-order valence-corrected chi connectivity index (χ1v) is 6.44. The zero-order valence-electron chi connectivity index (χ0n) is 15.9. The summed E-state index contributed by atoms with van der Waals surface area (Å²) in [5.41, 5.74) is 1.03. The van der Waals surface area contributed by atoms with Crippen LogP contribution in [0.3, 0.4) is 0 Å². The van der Waals surface area contributed by atoms with E-state index >= 15 is 0 Å². The molecule has 31 heavy (non-hydrogen) atoms. The smallest absolute Gasteiger partial charge is 0 e. The van der Waals surface area contributed by atoms with Crippen LogP contribution in [0.25, 0.3) is 6.08 Å². The van der Waals surface area contributed by atoms with Crippen LogP contribution < -0.4 is 4.74 Å². The molecule has 1 aromatic carbocycles. The summed E-state index contributed by atoms with van der Waals surface area (Å²) in [5.74, 6) is 0.854. The first kappa shape index (κ1) is 56.7. The average molecular weight is 504 g/mol. The van der Waals surface area contributed by atoms with Gasteiger partial charge < -0.3 is 0 Å². The van der Waals surface area contributed by atoms with Crippen LogP contribution in [-0.2, 0) is 75.2 Å². The third-order valence-corrected chi connectivity index (χ3v) is 2.21. The average Bonchev–Trinajstić information content (AvgIpc) is 2.92. The van der Waals surface area contributed by atoms with Crippen molar-refractivity contribution in [1.82, 2.24) is 0 Å². The predicted octanol–water partition coefficient (Wildman–Crippen LogP) is 1.73. The maximum atomic E-state index is 7.50. The summed E-state index contributed by atoms with van der Waals surface area (Å²) in [6.45, 7) is 36.0. The fraction of sp³-hybridized carbons (Fsp3) is 0.105. The maximum absolute atomic E-state index is 7.50. The molecule has 0 heterocycles. The molecule has 0 amide bonds. The molecule has 0 N–H and O–H groups in total. The standard InChI is InChI=1S/C11H12O2.8CO.2Cr/c1-12-9-5-7-10-6-3-4-8-11(10)13-2;8*1-2;;/h3-8H,1-2H3;;;;;;;;;;/b7-5+;;;;;;;;;;. The Balaban J connectivity index is -0.0000000346. The van der Waals surface area contributed by atoms with Gasteiger partial charge in [0.1, 0.15) is 0 Å². The molecule has 0 unspecified atom stereocenters. The summed E-state index contributed by atoms with van der Waals surface area (Å²) in [5, 5.41) is 0. The van der Waals surface area contributed by atoms with Crippen molar-refractivity contribution in [2.45, 2.75) is 0 Å². The van der Waals surface area contributed by atoms with Crippen molar-refractivity contribution in [2.24, 2.45) is 0 Å².